The molecular formula is C12H8Cl3N3. The fourth-order valence-electron chi connectivity index (χ4n) is 1.27. The van der Waals surface area contributed by atoms with Gasteiger partial charge in [-0.2, -0.15) is 5.10 Å². The highest BCUT2D eigenvalue weighted by Crippen LogP contribution is 2.22. The van der Waals surface area contributed by atoms with E-state index < -0.39 is 0 Å². The number of aromatic nitrogens is 1. The predicted molar refractivity (Wildman–Crippen MR) is 76.9 cm³/mol. The average Bonchev–Trinajstić information content (AvgIpc) is 2.33. The molecule has 0 unspecified atom stereocenters. The van der Waals surface area contributed by atoms with E-state index in [9.17, 15) is 0 Å². The van der Waals surface area contributed by atoms with Gasteiger partial charge in [0.2, 0.25) is 0 Å². The Morgan fingerprint density at radius 1 is 1.00 bits per heavy atom. The Bertz CT molecular complexity index is 564. The minimum atomic E-state index is 0.394. The number of pyridine rings is 1. The van der Waals surface area contributed by atoms with Gasteiger partial charge in [0.25, 0.3) is 0 Å². The molecule has 2 aromatic rings. The molecule has 1 aromatic carbocycles. The monoisotopic (exact) mass is 299 g/mol. The first-order valence-corrected chi connectivity index (χ1v) is 6.16. The Morgan fingerprint density at radius 2 is 1.67 bits per heavy atom. The largest absolute Gasteiger partial charge is 0.261 e. The van der Waals surface area contributed by atoms with Crippen molar-refractivity contribution < 1.29 is 0 Å². The summed E-state index contributed by atoms with van der Waals surface area (Å²) in [6.07, 6.45) is 1.53. The van der Waals surface area contributed by atoms with Crippen molar-refractivity contribution >= 4 is 46.8 Å². The minimum absolute atomic E-state index is 0.394. The Kier molecular flexibility index (Phi) is 4.42. The first-order valence-electron chi connectivity index (χ1n) is 5.02. The van der Waals surface area contributed by atoms with Crippen molar-refractivity contribution in [1.29, 1.82) is 0 Å². The molecule has 3 nitrogen and oxygen atoms in total. The van der Waals surface area contributed by atoms with Gasteiger partial charge < -0.3 is 0 Å². The van der Waals surface area contributed by atoms with Crippen LogP contribution in [0.1, 0.15) is 5.56 Å². The van der Waals surface area contributed by atoms with Crippen LogP contribution in [-0.4, -0.2) is 11.2 Å². The normalized spacial score (nSPS) is 10.8. The molecule has 18 heavy (non-hydrogen) atoms. The number of hydrogen-bond donors (Lipinski definition) is 1. The SMILES string of the molecule is Clc1cccc(N/N=C\c2c(Cl)cccc2Cl)n1. The topological polar surface area (TPSA) is 37.3 Å². The maximum absolute atomic E-state index is 6.00. The van der Waals surface area contributed by atoms with Gasteiger partial charge in [0.15, 0.2) is 0 Å². The molecule has 6 heteroatoms. The Balaban J connectivity index is 2.12. The van der Waals surface area contributed by atoms with Gasteiger partial charge in [-0.05, 0) is 24.3 Å². The van der Waals surface area contributed by atoms with E-state index in [1.807, 2.05) is 0 Å². The van der Waals surface area contributed by atoms with Crippen molar-refractivity contribution in [1.82, 2.24) is 4.98 Å². The van der Waals surface area contributed by atoms with E-state index in [-0.39, 0.29) is 0 Å². The Morgan fingerprint density at radius 3 is 2.33 bits per heavy atom. The molecule has 1 N–H and O–H groups in total. The molecule has 0 radical (unpaired) electrons. The van der Waals surface area contributed by atoms with E-state index in [1.54, 1.807) is 36.4 Å². The van der Waals surface area contributed by atoms with Crippen LogP contribution in [0.3, 0.4) is 0 Å². The van der Waals surface area contributed by atoms with Crippen molar-refractivity contribution in [3.63, 3.8) is 0 Å². The number of nitrogens with one attached hydrogen (secondary N) is 1. The van der Waals surface area contributed by atoms with Crippen LogP contribution in [0, 0.1) is 0 Å². The Labute approximate surface area is 119 Å². The predicted octanol–water partition coefficient (Wildman–Crippen LogP) is 4.49. The van der Waals surface area contributed by atoms with Crippen molar-refractivity contribution in [2.24, 2.45) is 5.10 Å². The lowest BCUT2D eigenvalue weighted by Crippen LogP contribution is -1.94. The summed E-state index contributed by atoms with van der Waals surface area (Å²) in [6.45, 7) is 0. The molecule has 0 aliphatic rings. The number of hydrogen-bond acceptors (Lipinski definition) is 3. The standard InChI is InChI=1S/C12H8Cl3N3/c13-9-3-1-4-10(14)8(9)7-16-18-12-6-2-5-11(15)17-12/h1-7H,(H,17,18)/b16-7-. The maximum Gasteiger partial charge on any atom is 0.147 e. The van der Waals surface area contributed by atoms with E-state index in [4.69, 9.17) is 34.8 Å². The highest BCUT2D eigenvalue weighted by molar-refractivity contribution is 6.38. The van der Waals surface area contributed by atoms with Crippen LogP contribution in [-0.2, 0) is 0 Å². The molecule has 0 aliphatic heterocycles. The minimum Gasteiger partial charge on any atom is -0.261 e. The Hall–Kier alpha value is -1.29. The van der Waals surface area contributed by atoms with Crippen molar-refractivity contribution in [2.45, 2.75) is 0 Å². The van der Waals surface area contributed by atoms with E-state index in [0.717, 1.165) is 0 Å². The highest BCUT2D eigenvalue weighted by atomic mass is 35.5. The van der Waals surface area contributed by atoms with Gasteiger partial charge in [-0.3, -0.25) is 5.43 Å². The van der Waals surface area contributed by atoms with Crippen LogP contribution in [0.5, 0.6) is 0 Å². The second-order valence-electron chi connectivity index (χ2n) is 3.35. The molecular weight excluding hydrogens is 293 g/mol. The van der Waals surface area contributed by atoms with Gasteiger partial charge in [-0.25, -0.2) is 4.98 Å². The van der Waals surface area contributed by atoms with Crippen molar-refractivity contribution in [3.05, 3.63) is 57.2 Å². The third kappa shape index (κ3) is 3.35. The third-order valence-corrected chi connectivity index (χ3v) is 2.96. The maximum atomic E-state index is 6.00. The summed E-state index contributed by atoms with van der Waals surface area (Å²) in [7, 11) is 0. The number of halogens is 3. The van der Waals surface area contributed by atoms with E-state index in [0.29, 0.717) is 26.6 Å². The molecule has 0 spiro atoms. The lowest BCUT2D eigenvalue weighted by Gasteiger charge is -2.01. The number of benzene rings is 1. The van der Waals surface area contributed by atoms with Crippen LogP contribution in [0.15, 0.2) is 41.5 Å². The molecule has 0 aliphatic carbocycles. The third-order valence-electron chi connectivity index (χ3n) is 2.09. The summed E-state index contributed by atoms with van der Waals surface area (Å²) in [5.74, 6) is 0.543. The van der Waals surface area contributed by atoms with Gasteiger partial charge in [-0.1, -0.05) is 46.9 Å². The summed E-state index contributed by atoms with van der Waals surface area (Å²) in [6, 6.07) is 10.5. The molecule has 0 saturated heterocycles. The van der Waals surface area contributed by atoms with E-state index in [1.165, 1.54) is 6.21 Å². The van der Waals surface area contributed by atoms with Crippen LogP contribution in [0.4, 0.5) is 5.82 Å². The van der Waals surface area contributed by atoms with Crippen molar-refractivity contribution in [2.75, 3.05) is 5.43 Å². The molecule has 2 rings (SSSR count). The zero-order valence-corrected chi connectivity index (χ0v) is 11.3. The van der Waals surface area contributed by atoms with Gasteiger partial charge in [0, 0.05) is 5.56 Å². The van der Waals surface area contributed by atoms with E-state index >= 15 is 0 Å². The highest BCUT2D eigenvalue weighted by Gasteiger charge is 2.01. The first-order chi connectivity index (χ1) is 8.66. The fourth-order valence-corrected chi connectivity index (χ4v) is 1.93. The lowest BCUT2D eigenvalue weighted by atomic mass is 10.2. The molecule has 1 heterocycles. The zero-order chi connectivity index (χ0) is 13.0. The first kappa shape index (κ1) is 13.1. The second-order valence-corrected chi connectivity index (χ2v) is 4.55. The molecule has 0 saturated carbocycles. The van der Waals surface area contributed by atoms with Gasteiger partial charge in [-0.15, -0.1) is 0 Å². The zero-order valence-electron chi connectivity index (χ0n) is 9.07. The second kappa shape index (κ2) is 6.05. The van der Waals surface area contributed by atoms with Crippen LogP contribution < -0.4 is 5.43 Å². The quantitative estimate of drug-likeness (QED) is 0.515. The van der Waals surface area contributed by atoms with Crippen LogP contribution in [0.25, 0.3) is 0 Å². The number of nitrogens with zero attached hydrogens (tertiary/aromatic N) is 2. The van der Waals surface area contributed by atoms with Gasteiger partial charge in [0.1, 0.15) is 11.0 Å². The molecule has 0 bridgehead atoms. The average molecular weight is 301 g/mol. The fraction of sp³-hybridized carbons (Fsp3) is 0. The van der Waals surface area contributed by atoms with Crippen molar-refractivity contribution in [3.8, 4) is 0 Å². The molecule has 0 fully saturated rings. The summed E-state index contributed by atoms with van der Waals surface area (Å²) in [4.78, 5) is 4.02. The van der Waals surface area contributed by atoms with E-state index in [2.05, 4.69) is 15.5 Å². The summed E-state index contributed by atoms with van der Waals surface area (Å²) >= 11 is 17.7. The van der Waals surface area contributed by atoms with Crippen LogP contribution >= 0.6 is 34.8 Å². The summed E-state index contributed by atoms with van der Waals surface area (Å²) in [5.41, 5.74) is 3.39. The van der Waals surface area contributed by atoms with Gasteiger partial charge in [0.05, 0.1) is 16.3 Å². The molecule has 92 valence electrons. The lowest BCUT2D eigenvalue weighted by molar-refractivity contribution is 1.23. The molecule has 0 amide bonds. The summed E-state index contributed by atoms with van der Waals surface area (Å²) in [5, 5.41) is 5.47. The van der Waals surface area contributed by atoms with Crippen LogP contribution in [0.2, 0.25) is 15.2 Å². The van der Waals surface area contributed by atoms with Gasteiger partial charge >= 0.3 is 0 Å². The molecule has 1 aromatic heterocycles. The number of rotatable bonds is 3. The number of anilines is 1. The summed E-state index contributed by atoms with van der Waals surface area (Å²) < 4.78 is 0. The number of hydrazone groups is 1. The smallest absolute Gasteiger partial charge is 0.147 e. The molecule has 0 atom stereocenters.